The summed E-state index contributed by atoms with van der Waals surface area (Å²) in [5, 5.41) is 5.42. The van der Waals surface area contributed by atoms with Crippen molar-refractivity contribution in [2.24, 2.45) is 21.8 Å². The van der Waals surface area contributed by atoms with Crippen LogP contribution in [-0.4, -0.2) is 40.3 Å². The van der Waals surface area contributed by atoms with Crippen LogP contribution in [0, 0.1) is 13.1 Å². The largest absolute Gasteiger partial charge is 0.494 e. The molecule has 1 aromatic carbocycles. The number of hydrogen-bond donors (Lipinski definition) is 0. The molecule has 2 rings (SSSR count). The predicted molar refractivity (Wildman–Crippen MR) is 106 cm³/mol. The molecule has 0 N–H and O–H groups in total. The average Bonchev–Trinajstić information content (AvgIpc) is 3.04. The summed E-state index contributed by atoms with van der Waals surface area (Å²) < 4.78 is 45.5. The molecule has 0 bridgehead atoms. The lowest BCUT2D eigenvalue weighted by atomic mass is 10.2. The maximum Gasteiger partial charge on any atom is 0.416 e. The molecule has 2 aromatic rings. The molecule has 0 spiro atoms. The van der Waals surface area contributed by atoms with Gasteiger partial charge < -0.3 is 24.2 Å². The number of halogens is 2. The number of anilines is 1. The zero-order chi connectivity index (χ0) is 22.4. The highest BCUT2D eigenvalue weighted by molar-refractivity contribution is 7.74. The molecule has 0 aliphatic heterocycles. The maximum absolute atomic E-state index is 12.4. The van der Waals surface area contributed by atoms with Crippen LogP contribution in [0.4, 0.5) is 37.7 Å². The van der Waals surface area contributed by atoms with Crippen LogP contribution in [0.1, 0.15) is 0 Å². The molecular formula is C16H14F2N8O3S. The molecule has 1 heterocycles. The van der Waals surface area contributed by atoms with Crippen LogP contribution in [0.2, 0.25) is 0 Å². The molecule has 0 atom stereocenters. The van der Waals surface area contributed by atoms with E-state index >= 15 is 0 Å². The second-order valence-corrected chi connectivity index (χ2v) is 6.52. The summed E-state index contributed by atoms with van der Waals surface area (Å²) in [6.07, 6.45) is 0. The molecule has 11 nitrogen and oxygen atoms in total. The van der Waals surface area contributed by atoms with Crippen molar-refractivity contribution >= 4 is 44.5 Å². The Bertz CT molecular complexity index is 1230. The number of azo groups is 1. The Morgan fingerprint density at radius 3 is 2.43 bits per heavy atom. The molecule has 156 valence electrons. The smallest absolute Gasteiger partial charge is 0.416 e. The summed E-state index contributed by atoms with van der Waals surface area (Å²) in [7, 11) is 3.35. The van der Waals surface area contributed by atoms with Crippen molar-refractivity contribution in [2.45, 2.75) is 0 Å². The van der Waals surface area contributed by atoms with Gasteiger partial charge in [-0.15, -0.1) is 5.11 Å². The first-order valence-corrected chi connectivity index (χ1v) is 8.94. The molecule has 0 saturated heterocycles. The van der Waals surface area contributed by atoms with E-state index in [1.807, 2.05) is 0 Å². The minimum Gasteiger partial charge on any atom is -0.494 e. The van der Waals surface area contributed by atoms with Crippen LogP contribution in [0.25, 0.3) is 9.69 Å². The fourth-order valence-corrected chi connectivity index (χ4v) is 2.36. The van der Waals surface area contributed by atoms with E-state index in [4.69, 9.17) is 22.7 Å². The van der Waals surface area contributed by atoms with Crippen molar-refractivity contribution in [3.8, 4) is 11.5 Å². The lowest BCUT2D eigenvalue weighted by molar-refractivity contribution is 0.348. The summed E-state index contributed by atoms with van der Waals surface area (Å²) >= 11 is 0. The van der Waals surface area contributed by atoms with Crippen LogP contribution in [0.15, 0.2) is 26.9 Å². The molecule has 14 heteroatoms. The number of aromatic nitrogens is 2. The third-order valence-corrected chi connectivity index (χ3v) is 4.03. The predicted octanol–water partition coefficient (Wildman–Crippen LogP) is 4.26. The van der Waals surface area contributed by atoms with E-state index in [9.17, 15) is 13.0 Å². The minimum atomic E-state index is -2.96. The first-order valence-electron chi connectivity index (χ1n) is 7.84. The van der Waals surface area contributed by atoms with E-state index in [1.165, 1.54) is 30.9 Å². The van der Waals surface area contributed by atoms with Gasteiger partial charge in [-0.1, -0.05) is 23.2 Å². The van der Waals surface area contributed by atoms with Crippen molar-refractivity contribution in [3.63, 3.8) is 0 Å². The van der Waals surface area contributed by atoms with Gasteiger partial charge in [0.25, 0.3) is 11.6 Å². The summed E-state index contributed by atoms with van der Waals surface area (Å²) in [5.41, 5.74) is 0.494. The number of nitrogens with zero attached hydrogens (tertiary/aromatic N) is 8. The van der Waals surface area contributed by atoms with Crippen molar-refractivity contribution in [1.29, 1.82) is 0 Å². The van der Waals surface area contributed by atoms with Crippen LogP contribution < -0.4 is 14.5 Å². The van der Waals surface area contributed by atoms with E-state index in [0.717, 1.165) is 0 Å². The molecule has 0 fully saturated rings. The molecule has 1 aromatic heterocycles. The number of ether oxygens (including phenoxy) is 1. The standard InChI is InChI=1S/C16H14F2N8O3S/c1-19-13-14(20-2)26(5)16(21-13)23-22-9-7-12(28-6)10(25(3)4)8-11(9)29-24-30(27)15(17)18/h7-8H,3-6H3. The Hall–Kier alpha value is -4.04. The fourth-order valence-electron chi connectivity index (χ4n) is 2.16. The lowest BCUT2D eigenvalue weighted by Gasteiger charge is -2.17. The highest BCUT2D eigenvalue weighted by Crippen LogP contribution is 2.40. The van der Waals surface area contributed by atoms with Crippen molar-refractivity contribution in [2.75, 3.05) is 26.1 Å². The zero-order valence-corrected chi connectivity index (χ0v) is 16.9. The number of rotatable bonds is 6. The number of benzene rings is 1. The van der Waals surface area contributed by atoms with E-state index in [1.54, 1.807) is 19.0 Å². The Morgan fingerprint density at radius 2 is 1.93 bits per heavy atom. The van der Waals surface area contributed by atoms with Crippen LogP contribution in [0.3, 0.4) is 0 Å². The van der Waals surface area contributed by atoms with Gasteiger partial charge in [0.05, 0.1) is 19.8 Å². The van der Waals surface area contributed by atoms with Gasteiger partial charge in [-0.05, 0) is 0 Å². The Balaban J connectivity index is 2.62. The third-order valence-electron chi connectivity index (χ3n) is 3.56. The molecule has 0 aliphatic carbocycles. The van der Waals surface area contributed by atoms with Gasteiger partial charge in [-0.3, -0.25) is 0 Å². The molecule has 0 radical (unpaired) electrons. The van der Waals surface area contributed by atoms with E-state index < -0.39 is 15.6 Å². The highest BCUT2D eigenvalue weighted by atomic mass is 32.2. The summed E-state index contributed by atoms with van der Waals surface area (Å²) in [6.45, 7) is 14.2. The van der Waals surface area contributed by atoms with E-state index in [2.05, 4.69) is 29.4 Å². The average molecular weight is 436 g/mol. The van der Waals surface area contributed by atoms with E-state index in [0.29, 0.717) is 11.4 Å². The van der Waals surface area contributed by atoms with Gasteiger partial charge in [0.2, 0.25) is 10.2 Å². The Morgan fingerprint density at radius 1 is 1.23 bits per heavy atom. The van der Waals surface area contributed by atoms with Crippen LogP contribution in [-0.2, 0) is 17.2 Å². The molecule has 0 saturated carbocycles. The van der Waals surface area contributed by atoms with Gasteiger partial charge in [0.1, 0.15) is 11.4 Å². The SMILES string of the molecule is [C-]#[N+]c1nc(N=Nc2cc(OC)c(N(C)C)cc2ON=S(=O)=C(F)F)n(C)c1[N+]#[C-]. The molecule has 0 aliphatic rings. The van der Waals surface area contributed by atoms with Gasteiger partial charge in [-0.2, -0.15) is 13.0 Å². The Kier molecular flexibility index (Phi) is 7.00. The summed E-state index contributed by atoms with van der Waals surface area (Å²) in [6, 6.07) is 2.79. The van der Waals surface area contributed by atoms with E-state index in [-0.39, 0.29) is 29.0 Å². The van der Waals surface area contributed by atoms with Gasteiger partial charge >= 0.3 is 11.3 Å². The molecular weight excluding hydrogens is 422 g/mol. The van der Waals surface area contributed by atoms with Gasteiger partial charge in [-0.25, -0.2) is 4.57 Å². The van der Waals surface area contributed by atoms with Crippen molar-refractivity contribution in [3.05, 3.63) is 35.0 Å². The molecule has 30 heavy (non-hydrogen) atoms. The van der Waals surface area contributed by atoms with Gasteiger partial charge in [0.15, 0.2) is 5.75 Å². The highest BCUT2D eigenvalue weighted by Gasteiger charge is 2.20. The van der Waals surface area contributed by atoms with Gasteiger partial charge in [0, 0.05) is 30.8 Å². The monoisotopic (exact) mass is 436 g/mol. The number of methoxy groups -OCH3 is 1. The molecule has 0 amide bonds. The fraction of sp³-hybridized carbons (Fsp3) is 0.250. The summed E-state index contributed by atoms with van der Waals surface area (Å²) in [5.74, 6) is 0.0161. The quantitative estimate of drug-likeness (QED) is 0.221. The Labute approximate surface area is 171 Å². The first kappa shape index (κ1) is 22.3. The first-order chi connectivity index (χ1) is 14.2. The van der Waals surface area contributed by atoms with Crippen molar-refractivity contribution in [1.82, 2.24) is 9.55 Å². The zero-order valence-electron chi connectivity index (χ0n) is 16.1. The normalized spacial score (nSPS) is 10.3. The maximum atomic E-state index is 12.4. The minimum absolute atomic E-state index is 0.00538. The van der Waals surface area contributed by atoms with Crippen LogP contribution >= 0.6 is 0 Å². The van der Waals surface area contributed by atoms with Crippen LogP contribution in [0.5, 0.6) is 11.5 Å². The second-order valence-electron chi connectivity index (χ2n) is 5.57. The second kappa shape index (κ2) is 9.44. The third kappa shape index (κ3) is 4.68. The number of imidazole rings is 1. The summed E-state index contributed by atoms with van der Waals surface area (Å²) in [4.78, 5) is 16.8. The lowest BCUT2D eigenvalue weighted by Crippen LogP contribution is -2.10. The topological polar surface area (TPSA) is 102 Å². The number of hydrogen-bond acceptors (Lipinski definition) is 8. The molecule has 0 unspecified atom stereocenters. The van der Waals surface area contributed by atoms with Crippen molar-refractivity contribution < 1.29 is 22.6 Å².